The lowest BCUT2D eigenvalue weighted by Crippen LogP contribution is -2.44. The van der Waals surface area contributed by atoms with Gasteiger partial charge in [0.25, 0.3) is 0 Å². The molecule has 1 aliphatic heterocycles. The number of rotatable bonds is 3. The number of nitrogens with one attached hydrogen (secondary N) is 1. The molecule has 5 heteroatoms. The molecular weight excluding hydrogens is 240 g/mol. The molecule has 5 nitrogen and oxygen atoms in total. The second-order valence-electron chi connectivity index (χ2n) is 5.20. The predicted molar refractivity (Wildman–Crippen MR) is 75.9 cm³/mol. The quantitative estimate of drug-likeness (QED) is 0.859. The normalized spacial score (nSPS) is 18.2. The molecule has 1 fully saturated rings. The van der Waals surface area contributed by atoms with E-state index in [0.29, 0.717) is 6.04 Å². The second-order valence-corrected chi connectivity index (χ2v) is 5.20. The van der Waals surface area contributed by atoms with E-state index in [1.807, 2.05) is 25.3 Å². The molecule has 0 aromatic carbocycles. The minimum absolute atomic E-state index is 0.0204. The third-order valence-electron chi connectivity index (χ3n) is 3.52. The van der Waals surface area contributed by atoms with E-state index >= 15 is 0 Å². The molecule has 0 saturated carbocycles. The number of aromatic nitrogens is 1. The zero-order valence-corrected chi connectivity index (χ0v) is 11.6. The summed E-state index contributed by atoms with van der Waals surface area (Å²) in [6.45, 7) is 5.38. The van der Waals surface area contributed by atoms with E-state index in [1.165, 1.54) is 0 Å². The van der Waals surface area contributed by atoms with Crippen molar-refractivity contribution in [3.63, 3.8) is 0 Å². The number of piperidine rings is 1. The summed E-state index contributed by atoms with van der Waals surface area (Å²) in [7, 11) is 0. The van der Waals surface area contributed by atoms with Crippen LogP contribution < -0.4 is 16.0 Å². The Kier molecular flexibility index (Phi) is 4.37. The standard InChI is InChI=1S/C14H22N4O/c1-10(15)12-3-4-14(16-9-12)18-7-5-13(6-8-18)17-11(2)19/h3-4,9-10,13H,5-8,15H2,1-2H3,(H,17,19)/t10-/m0/s1. The van der Waals surface area contributed by atoms with Crippen LogP contribution in [0.1, 0.15) is 38.3 Å². The fourth-order valence-electron chi connectivity index (χ4n) is 2.39. The molecule has 1 aromatic rings. The van der Waals surface area contributed by atoms with Gasteiger partial charge in [-0.05, 0) is 31.4 Å². The molecule has 1 aliphatic rings. The topological polar surface area (TPSA) is 71.2 Å². The Bertz CT molecular complexity index is 422. The molecule has 0 radical (unpaired) electrons. The van der Waals surface area contributed by atoms with Crippen molar-refractivity contribution in [3.05, 3.63) is 23.9 Å². The highest BCUT2D eigenvalue weighted by molar-refractivity contribution is 5.73. The maximum absolute atomic E-state index is 11.0. The summed E-state index contributed by atoms with van der Waals surface area (Å²) in [5.41, 5.74) is 6.87. The first-order valence-electron chi connectivity index (χ1n) is 6.80. The van der Waals surface area contributed by atoms with Crippen molar-refractivity contribution in [1.29, 1.82) is 0 Å². The number of carbonyl (C=O) groups is 1. The Morgan fingerprint density at radius 3 is 2.63 bits per heavy atom. The molecule has 0 unspecified atom stereocenters. The lowest BCUT2D eigenvalue weighted by molar-refractivity contribution is -0.119. The van der Waals surface area contributed by atoms with Gasteiger partial charge in [-0.25, -0.2) is 4.98 Å². The number of nitrogens with two attached hydrogens (primary N) is 1. The second kappa shape index (κ2) is 6.02. The largest absolute Gasteiger partial charge is 0.356 e. The predicted octanol–water partition coefficient (Wildman–Crippen LogP) is 1.21. The van der Waals surface area contributed by atoms with Crippen LogP contribution >= 0.6 is 0 Å². The highest BCUT2D eigenvalue weighted by Crippen LogP contribution is 2.19. The Labute approximate surface area is 114 Å². The van der Waals surface area contributed by atoms with Gasteiger partial charge in [-0.15, -0.1) is 0 Å². The Morgan fingerprint density at radius 2 is 2.16 bits per heavy atom. The fourth-order valence-corrected chi connectivity index (χ4v) is 2.39. The van der Waals surface area contributed by atoms with Crippen LogP contribution in [0, 0.1) is 0 Å². The van der Waals surface area contributed by atoms with Crippen LogP contribution in [-0.2, 0) is 4.79 Å². The Morgan fingerprint density at radius 1 is 1.47 bits per heavy atom. The average Bonchev–Trinajstić information content (AvgIpc) is 2.39. The molecular formula is C14H22N4O. The maximum atomic E-state index is 11.0. The van der Waals surface area contributed by atoms with Gasteiger partial charge in [-0.2, -0.15) is 0 Å². The monoisotopic (exact) mass is 262 g/mol. The summed E-state index contributed by atoms with van der Waals surface area (Å²) in [5.74, 6) is 1.04. The molecule has 2 heterocycles. The van der Waals surface area contributed by atoms with E-state index in [4.69, 9.17) is 5.73 Å². The average molecular weight is 262 g/mol. The van der Waals surface area contributed by atoms with Crippen molar-refractivity contribution < 1.29 is 4.79 Å². The van der Waals surface area contributed by atoms with Crippen LogP contribution in [0.15, 0.2) is 18.3 Å². The van der Waals surface area contributed by atoms with E-state index < -0.39 is 0 Å². The Balaban J connectivity index is 1.92. The molecule has 2 rings (SSSR count). The first kappa shape index (κ1) is 13.8. The number of amides is 1. The lowest BCUT2D eigenvalue weighted by atomic mass is 10.0. The number of carbonyl (C=O) groups excluding carboxylic acids is 1. The fraction of sp³-hybridized carbons (Fsp3) is 0.571. The van der Waals surface area contributed by atoms with Crippen LogP contribution in [0.2, 0.25) is 0 Å². The van der Waals surface area contributed by atoms with Crippen molar-refractivity contribution >= 4 is 11.7 Å². The minimum atomic E-state index is 0.0204. The molecule has 104 valence electrons. The van der Waals surface area contributed by atoms with Crippen LogP contribution in [0.25, 0.3) is 0 Å². The maximum Gasteiger partial charge on any atom is 0.217 e. The van der Waals surface area contributed by atoms with Gasteiger partial charge in [-0.1, -0.05) is 6.07 Å². The van der Waals surface area contributed by atoms with Crippen molar-refractivity contribution in [3.8, 4) is 0 Å². The van der Waals surface area contributed by atoms with E-state index in [2.05, 4.69) is 15.2 Å². The van der Waals surface area contributed by atoms with Gasteiger partial charge in [0, 0.05) is 38.3 Å². The summed E-state index contributed by atoms with van der Waals surface area (Å²) in [6.07, 6.45) is 3.78. The minimum Gasteiger partial charge on any atom is -0.356 e. The number of hydrogen-bond donors (Lipinski definition) is 2. The summed E-state index contributed by atoms with van der Waals surface area (Å²) in [5, 5.41) is 2.98. The molecule has 1 amide bonds. The molecule has 1 saturated heterocycles. The van der Waals surface area contributed by atoms with Crippen molar-refractivity contribution in [2.24, 2.45) is 5.73 Å². The van der Waals surface area contributed by atoms with E-state index in [1.54, 1.807) is 6.92 Å². The van der Waals surface area contributed by atoms with E-state index in [-0.39, 0.29) is 11.9 Å². The molecule has 0 bridgehead atoms. The van der Waals surface area contributed by atoms with E-state index in [9.17, 15) is 4.79 Å². The summed E-state index contributed by atoms with van der Waals surface area (Å²) in [4.78, 5) is 17.7. The third-order valence-corrected chi connectivity index (χ3v) is 3.52. The molecule has 0 spiro atoms. The van der Waals surface area contributed by atoms with Crippen LogP contribution in [0.5, 0.6) is 0 Å². The molecule has 0 aliphatic carbocycles. The highest BCUT2D eigenvalue weighted by atomic mass is 16.1. The summed E-state index contributed by atoms with van der Waals surface area (Å²) in [6, 6.07) is 4.38. The lowest BCUT2D eigenvalue weighted by Gasteiger charge is -2.33. The van der Waals surface area contributed by atoms with Gasteiger partial charge in [-0.3, -0.25) is 4.79 Å². The van der Waals surface area contributed by atoms with Gasteiger partial charge in [0.2, 0.25) is 5.91 Å². The Hall–Kier alpha value is -1.62. The van der Waals surface area contributed by atoms with Gasteiger partial charge in [0.05, 0.1) is 0 Å². The van der Waals surface area contributed by atoms with Crippen molar-refractivity contribution in [2.75, 3.05) is 18.0 Å². The highest BCUT2D eigenvalue weighted by Gasteiger charge is 2.20. The van der Waals surface area contributed by atoms with Crippen molar-refractivity contribution in [1.82, 2.24) is 10.3 Å². The molecule has 3 N–H and O–H groups in total. The zero-order valence-electron chi connectivity index (χ0n) is 11.6. The molecule has 1 atom stereocenters. The first-order chi connectivity index (χ1) is 9.06. The smallest absolute Gasteiger partial charge is 0.217 e. The number of hydrogen-bond acceptors (Lipinski definition) is 4. The van der Waals surface area contributed by atoms with E-state index in [0.717, 1.165) is 37.3 Å². The van der Waals surface area contributed by atoms with Crippen molar-refractivity contribution in [2.45, 2.75) is 38.8 Å². The number of pyridine rings is 1. The van der Waals surface area contributed by atoms with Crippen LogP contribution in [-0.4, -0.2) is 30.0 Å². The first-order valence-corrected chi connectivity index (χ1v) is 6.80. The molecule has 1 aromatic heterocycles. The third kappa shape index (κ3) is 3.67. The van der Waals surface area contributed by atoms with Gasteiger partial charge in [0.1, 0.15) is 5.82 Å². The SMILES string of the molecule is CC(=O)NC1CCN(c2ccc([C@H](C)N)cn2)CC1. The van der Waals surface area contributed by atoms with Crippen LogP contribution in [0.3, 0.4) is 0 Å². The number of anilines is 1. The van der Waals surface area contributed by atoms with Gasteiger partial charge in [0.15, 0.2) is 0 Å². The van der Waals surface area contributed by atoms with Gasteiger partial charge < -0.3 is 16.0 Å². The zero-order chi connectivity index (χ0) is 13.8. The summed E-state index contributed by atoms with van der Waals surface area (Å²) < 4.78 is 0. The summed E-state index contributed by atoms with van der Waals surface area (Å²) >= 11 is 0. The molecule has 19 heavy (non-hydrogen) atoms. The van der Waals surface area contributed by atoms with Gasteiger partial charge >= 0.3 is 0 Å². The van der Waals surface area contributed by atoms with Crippen LogP contribution in [0.4, 0.5) is 5.82 Å². The number of nitrogens with zero attached hydrogens (tertiary/aromatic N) is 2.